The van der Waals surface area contributed by atoms with Crippen LogP contribution >= 0.6 is 0 Å². The topological polar surface area (TPSA) is 81.0 Å². The summed E-state index contributed by atoms with van der Waals surface area (Å²) in [6.07, 6.45) is 5.42. The molecule has 1 atom stereocenters. The van der Waals surface area contributed by atoms with Gasteiger partial charge in [-0.05, 0) is 0 Å². The van der Waals surface area contributed by atoms with Crippen LogP contribution in [0.5, 0.6) is 0 Å². The van der Waals surface area contributed by atoms with E-state index in [0.29, 0.717) is 0 Å². The number of rotatable bonds is 4. The molecule has 1 fully saturated rings. The first-order valence-corrected chi connectivity index (χ1v) is 4.72. The summed E-state index contributed by atoms with van der Waals surface area (Å²) in [4.78, 5) is 12.8. The molecule has 5 heteroatoms. The lowest BCUT2D eigenvalue weighted by molar-refractivity contribution is -0.140. The summed E-state index contributed by atoms with van der Waals surface area (Å²) in [5.74, 6) is 2.01. The van der Waals surface area contributed by atoms with E-state index >= 15 is 0 Å². The van der Waals surface area contributed by atoms with Gasteiger partial charge in [-0.1, -0.05) is 0 Å². The second kappa shape index (κ2) is 4.62. The van der Waals surface area contributed by atoms with Gasteiger partial charge in [0.2, 0.25) is 5.91 Å². The minimum absolute atomic E-state index is 0.207. The van der Waals surface area contributed by atoms with Crippen molar-refractivity contribution in [1.82, 2.24) is 4.90 Å². The Bertz CT molecular complexity index is 271. The van der Waals surface area contributed by atoms with Gasteiger partial charge in [0.1, 0.15) is 5.54 Å². The molecule has 0 bridgehead atoms. The number of carbonyl (C=O) groups is 1. The van der Waals surface area contributed by atoms with Crippen LogP contribution in [0.2, 0.25) is 0 Å². The fourth-order valence-electron chi connectivity index (χ4n) is 1.68. The van der Waals surface area contributed by atoms with Crippen LogP contribution in [0.1, 0.15) is 6.42 Å². The molecular weight excluding hydrogens is 198 g/mol. The van der Waals surface area contributed by atoms with Gasteiger partial charge in [0.15, 0.2) is 0 Å². The largest absolute Gasteiger partial charge is 0.394 e. The second-order valence-corrected chi connectivity index (χ2v) is 3.77. The van der Waals surface area contributed by atoms with Crippen LogP contribution in [0.15, 0.2) is 0 Å². The monoisotopic (exact) mass is 213 g/mol. The molecule has 15 heavy (non-hydrogen) atoms. The molecule has 1 saturated heterocycles. The molecule has 0 aliphatic carbocycles. The summed E-state index contributed by atoms with van der Waals surface area (Å²) < 4.78 is 0. The number of hydrogen-bond acceptors (Lipinski definition) is 4. The summed E-state index contributed by atoms with van der Waals surface area (Å²) >= 11 is 0. The van der Waals surface area contributed by atoms with Crippen LogP contribution in [0.25, 0.3) is 0 Å². The predicted molar refractivity (Wildman–Crippen MR) is 52.6 cm³/mol. The highest BCUT2D eigenvalue weighted by Crippen LogP contribution is 2.25. The minimum atomic E-state index is -1.29. The first-order valence-electron chi connectivity index (χ1n) is 4.72. The molecule has 0 spiro atoms. The van der Waals surface area contributed by atoms with Gasteiger partial charge in [0, 0.05) is 18.9 Å². The summed E-state index contributed by atoms with van der Waals surface area (Å²) in [6, 6.07) is 0. The Morgan fingerprint density at radius 3 is 2.27 bits per heavy atom. The second-order valence-electron chi connectivity index (χ2n) is 3.77. The number of aliphatic hydroxyl groups is 3. The fourth-order valence-corrected chi connectivity index (χ4v) is 1.68. The third-order valence-corrected chi connectivity index (χ3v) is 2.82. The lowest BCUT2D eigenvalue weighted by Crippen LogP contribution is -2.57. The highest BCUT2D eigenvalue weighted by molar-refractivity contribution is 5.80. The highest BCUT2D eigenvalue weighted by atomic mass is 16.3. The van der Waals surface area contributed by atoms with E-state index in [4.69, 9.17) is 21.7 Å². The zero-order valence-electron chi connectivity index (χ0n) is 8.39. The Morgan fingerprint density at radius 2 is 1.93 bits per heavy atom. The van der Waals surface area contributed by atoms with Crippen molar-refractivity contribution in [2.24, 2.45) is 5.92 Å². The number of nitrogens with zero attached hydrogens (tertiary/aromatic N) is 1. The van der Waals surface area contributed by atoms with Crippen molar-refractivity contribution < 1.29 is 20.1 Å². The van der Waals surface area contributed by atoms with Gasteiger partial charge in [-0.25, -0.2) is 0 Å². The van der Waals surface area contributed by atoms with Crippen LogP contribution in [-0.4, -0.2) is 58.0 Å². The first kappa shape index (κ1) is 12.0. The van der Waals surface area contributed by atoms with E-state index in [0.717, 1.165) is 0 Å². The van der Waals surface area contributed by atoms with Crippen molar-refractivity contribution in [3.05, 3.63) is 0 Å². The minimum Gasteiger partial charge on any atom is -0.394 e. The zero-order valence-corrected chi connectivity index (χ0v) is 8.39. The van der Waals surface area contributed by atoms with Crippen LogP contribution in [-0.2, 0) is 4.79 Å². The Labute approximate surface area is 88.3 Å². The molecule has 3 N–H and O–H groups in total. The molecular formula is C10H15NO4. The molecule has 0 aromatic rings. The summed E-state index contributed by atoms with van der Waals surface area (Å²) in [5.41, 5.74) is -1.29. The van der Waals surface area contributed by atoms with Crippen molar-refractivity contribution >= 4 is 5.91 Å². The molecule has 0 aromatic heterocycles. The number of aliphatic hydroxyl groups excluding tert-OH is 3. The molecule has 0 saturated carbocycles. The molecule has 1 aliphatic rings. The smallest absolute Gasteiger partial charge is 0.224 e. The maximum atomic E-state index is 11.6. The average Bonchev–Trinajstić information content (AvgIpc) is 2.64. The van der Waals surface area contributed by atoms with Gasteiger partial charge in [-0.2, -0.15) is 0 Å². The summed E-state index contributed by atoms with van der Waals surface area (Å²) in [5, 5.41) is 27.4. The van der Waals surface area contributed by atoms with E-state index in [1.807, 2.05) is 0 Å². The SMILES string of the molecule is C#CC1CC(=O)N(C(CO)(CO)CO)C1. The fraction of sp³-hybridized carbons (Fsp3) is 0.700. The van der Waals surface area contributed by atoms with Crippen LogP contribution in [0.3, 0.4) is 0 Å². The normalized spacial score (nSPS) is 21.9. The van der Waals surface area contributed by atoms with Crippen LogP contribution < -0.4 is 0 Å². The highest BCUT2D eigenvalue weighted by Gasteiger charge is 2.43. The van der Waals surface area contributed by atoms with E-state index in [-0.39, 0.29) is 24.8 Å². The molecule has 5 nitrogen and oxygen atoms in total. The van der Waals surface area contributed by atoms with E-state index < -0.39 is 25.4 Å². The van der Waals surface area contributed by atoms with Crippen molar-refractivity contribution in [2.45, 2.75) is 12.0 Å². The van der Waals surface area contributed by atoms with E-state index in [9.17, 15) is 4.79 Å². The van der Waals surface area contributed by atoms with Gasteiger partial charge >= 0.3 is 0 Å². The van der Waals surface area contributed by atoms with Gasteiger partial charge in [-0.3, -0.25) is 4.79 Å². The average molecular weight is 213 g/mol. The first-order chi connectivity index (χ1) is 7.13. The van der Waals surface area contributed by atoms with Gasteiger partial charge < -0.3 is 20.2 Å². The molecule has 1 aliphatic heterocycles. The van der Waals surface area contributed by atoms with Crippen LogP contribution in [0, 0.1) is 18.3 Å². The van der Waals surface area contributed by atoms with Crippen LogP contribution in [0.4, 0.5) is 0 Å². The molecule has 84 valence electrons. The number of likely N-dealkylation sites (tertiary alicyclic amines) is 1. The molecule has 1 amide bonds. The van der Waals surface area contributed by atoms with Gasteiger partial charge in [-0.15, -0.1) is 12.3 Å². The Morgan fingerprint density at radius 1 is 1.40 bits per heavy atom. The van der Waals surface area contributed by atoms with E-state index in [2.05, 4.69) is 5.92 Å². The van der Waals surface area contributed by atoms with Gasteiger partial charge in [0.05, 0.1) is 19.8 Å². The molecule has 1 unspecified atom stereocenters. The maximum Gasteiger partial charge on any atom is 0.224 e. The van der Waals surface area contributed by atoms with Crippen molar-refractivity contribution in [1.29, 1.82) is 0 Å². The summed E-state index contributed by atoms with van der Waals surface area (Å²) in [6.45, 7) is -1.17. The lowest BCUT2D eigenvalue weighted by atomic mass is 10.0. The molecule has 0 aromatic carbocycles. The number of hydrogen-bond donors (Lipinski definition) is 3. The van der Waals surface area contributed by atoms with Crippen molar-refractivity contribution in [3.63, 3.8) is 0 Å². The van der Waals surface area contributed by atoms with Gasteiger partial charge in [0.25, 0.3) is 0 Å². The number of carbonyl (C=O) groups excluding carboxylic acids is 1. The third kappa shape index (κ3) is 1.97. The number of amides is 1. The van der Waals surface area contributed by atoms with E-state index in [1.165, 1.54) is 4.90 Å². The predicted octanol–water partition coefficient (Wildman–Crippen LogP) is -1.82. The molecule has 1 heterocycles. The standard InChI is InChI=1S/C10H15NO4/c1-2-8-3-9(15)11(4-8)10(5-12,6-13)7-14/h1,8,12-14H,3-7H2. The quantitative estimate of drug-likeness (QED) is 0.480. The number of terminal acetylenes is 1. The summed E-state index contributed by atoms with van der Waals surface area (Å²) in [7, 11) is 0. The third-order valence-electron chi connectivity index (χ3n) is 2.82. The molecule has 1 rings (SSSR count). The Balaban J connectivity index is 2.87. The zero-order chi connectivity index (χ0) is 11.5. The molecule has 0 radical (unpaired) electrons. The maximum absolute atomic E-state index is 11.6. The lowest BCUT2D eigenvalue weighted by Gasteiger charge is -2.37. The Kier molecular flexibility index (Phi) is 3.69. The van der Waals surface area contributed by atoms with E-state index in [1.54, 1.807) is 0 Å². The Hall–Kier alpha value is -1.09. The van der Waals surface area contributed by atoms with Crippen molar-refractivity contribution in [3.8, 4) is 12.3 Å². The van der Waals surface area contributed by atoms with Crippen molar-refractivity contribution in [2.75, 3.05) is 26.4 Å².